The van der Waals surface area contributed by atoms with Gasteiger partial charge in [-0.05, 0) is 30.5 Å². The predicted molar refractivity (Wildman–Crippen MR) is 78.9 cm³/mol. The number of nitrogens with zero attached hydrogens (tertiary/aromatic N) is 2. The van der Waals surface area contributed by atoms with Crippen LogP contribution in [0.15, 0.2) is 29.4 Å². The van der Waals surface area contributed by atoms with Crippen molar-refractivity contribution in [1.82, 2.24) is 10.3 Å². The van der Waals surface area contributed by atoms with Gasteiger partial charge in [0.15, 0.2) is 0 Å². The molecule has 1 saturated heterocycles. The first-order valence-corrected chi connectivity index (χ1v) is 7.04. The first-order valence-electron chi connectivity index (χ1n) is 7.04. The molecule has 0 aromatic heterocycles. The fourth-order valence-electron chi connectivity index (χ4n) is 2.20. The van der Waals surface area contributed by atoms with E-state index in [-0.39, 0.29) is 24.1 Å². The summed E-state index contributed by atoms with van der Waals surface area (Å²) < 4.78 is 0. The standard InChI is InChI=1S/C15H19N3O3/c19-13-6-4-5-12(9-13)10-16-17-14(20)11-18-8-3-1-2-7-15(18)21/h4-6,9-10,19H,1-3,7-8,11H2,(H,17,20)/b16-10-. The third-order valence-corrected chi connectivity index (χ3v) is 3.28. The van der Waals surface area contributed by atoms with E-state index >= 15 is 0 Å². The van der Waals surface area contributed by atoms with Crippen LogP contribution in [0.5, 0.6) is 5.75 Å². The number of carbonyl (C=O) groups excluding carboxylic acids is 2. The molecule has 0 saturated carbocycles. The summed E-state index contributed by atoms with van der Waals surface area (Å²) in [6.45, 7) is 0.665. The van der Waals surface area contributed by atoms with E-state index in [0.717, 1.165) is 19.3 Å². The molecule has 6 nitrogen and oxygen atoms in total. The Labute approximate surface area is 123 Å². The molecule has 6 heteroatoms. The molecular formula is C15H19N3O3. The average Bonchev–Trinajstić information content (AvgIpc) is 2.64. The van der Waals surface area contributed by atoms with Crippen LogP contribution in [0.3, 0.4) is 0 Å². The van der Waals surface area contributed by atoms with Gasteiger partial charge in [0.2, 0.25) is 5.91 Å². The maximum Gasteiger partial charge on any atom is 0.259 e. The second-order valence-corrected chi connectivity index (χ2v) is 5.01. The predicted octanol–water partition coefficient (Wildman–Crippen LogP) is 1.24. The molecule has 1 fully saturated rings. The minimum atomic E-state index is -0.318. The van der Waals surface area contributed by atoms with Gasteiger partial charge in [-0.3, -0.25) is 9.59 Å². The van der Waals surface area contributed by atoms with Crippen molar-refractivity contribution >= 4 is 18.0 Å². The van der Waals surface area contributed by atoms with E-state index in [9.17, 15) is 14.7 Å². The molecule has 1 aromatic carbocycles. The van der Waals surface area contributed by atoms with Gasteiger partial charge >= 0.3 is 0 Å². The molecule has 0 radical (unpaired) electrons. The minimum absolute atomic E-state index is 0.0274. The van der Waals surface area contributed by atoms with Crippen LogP contribution in [-0.4, -0.2) is 41.1 Å². The molecule has 2 N–H and O–H groups in total. The van der Waals surface area contributed by atoms with Gasteiger partial charge in [-0.15, -0.1) is 0 Å². The van der Waals surface area contributed by atoms with Crippen molar-refractivity contribution in [2.45, 2.75) is 25.7 Å². The zero-order valence-electron chi connectivity index (χ0n) is 11.8. The number of hydrogen-bond acceptors (Lipinski definition) is 4. The average molecular weight is 289 g/mol. The summed E-state index contributed by atoms with van der Waals surface area (Å²) in [6, 6.07) is 6.54. The summed E-state index contributed by atoms with van der Waals surface area (Å²) in [6.07, 6.45) is 4.82. The molecular weight excluding hydrogens is 270 g/mol. The Morgan fingerprint density at radius 2 is 2.24 bits per heavy atom. The molecule has 1 heterocycles. The number of aromatic hydroxyl groups is 1. The molecule has 0 unspecified atom stereocenters. The van der Waals surface area contributed by atoms with Crippen LogP contribution in [0.1, 0.15) is 31.2 Å². The number of likely N-dealkylation sites (tertiary alicyclic amines) is 1. The lowest BCUT2D eigenvalue weighted by Crippen LogP contribution is -2.39. The second kappa shape index (κ2) is 7.42. The molecule has 0 spiro atoms. The van der Waals surface area contributed by atoms with Crippen molar-refractivity contribution in [3.63, 3.8) is 0 Å². The summed E-state index contributed by atoms with van der Waals surface area (Å²) in [4.78, 5) is 25.1. The van der Waals surface area contributed by atoms with E-state index in [0.29, 0.717) is 18.5 Å². The monoisotopic (exact) mass is 289 g/mol. The maximum absolute atomic E-state index is 11.8. The van der Waals surface area contributed by atoms with Crippen LogP contribution in [0.4, 0.5) is 0 Å². The Hall–Kier alpha value is -2.37. The molecule has 2 amide bonds. The second-order valence-electron chi connectivity index (χ2n) is 5.01. The highest BCUT2D eigenvalue weighted by molar-refractivity contribution is 5.86. The van der Waals surface area contributed by atoms with Crippen LogP contribution in [0.2, 0.25) is 0 Å². The van der Waals surface area contributed by atoms with Gasteiger partial charge in [-0.2, -0.15) is 5.10 Å². The largest absolute Gasteiger partial charge is 0.508 e. The highest BCUT2D eigenvalue weighted by atomic mass is 16.3. The number of amides is 2. The molecule has 1 aromatic rings. The molecule has 1 aliphatic rings. The molecule has 2 rings (SSSR count). The van der Waals surface area contributed by atoms with Crippen molar-refractivity contribution in [3.05, 3.63) is 29.8 Å². The molecule has 1 aliphatic heterocycles. The highest BCUT2D eigenvalue weighted by Crippen LogP contribution is 2.10. The quantitative estimate of drug-likeness (QED) is 0.646. The van der Waals surface area contributed by atoms with Gasteiger partial charge in [0.05, 0.1) is 6.21 Å². The maximum atomic E-state index is 11.8. The Bertz CT molecular complexity index is 543. The van der Waals surface area contributed by atoms with Gasteiger partial charge in [0, 0.05) is 13.0 Å². The Morgan fingerprint density at radius 1 is 1.38 bits per heavy atom. The zero-order valence-corrected chi connectivity index (χ0v) is 11.8. The summed E-state index contributed by atoms with van der Waals surface area (Å²) in [5.41, 5.74) is 3.08. The lowest BCUT2D eigenvalue weighted by Gasteiger charge is -2.18. The number of hydrazone groups is 1. The number of nitrogens with one attached hydrogen (secondary N) is 1. The van der Waals surface area contributed by atoms with E-state index in [1.165, 1.54) is 12.3 Å². The normalized spacial score (nSPS) is 16.0. The van der Waals surface area contributed by atoms with E-state index in [1.54, 1.807) is 23.1 Å². The van der Waals surface area contributed by atoms with Gasteiger partial charge in [0.1, 0.15) is 12.3 Å². The first kappa shape index (κ1) is 15.0. The molecule has 112 valence electrons. The summed E-state index contributed by atoms with van der Waals surface area (Å²) in [5.74, 6) is -0.151. The van der Waals surface area contributed by atoms with E-state index < -0.39 is 0 Å². The van der Waals surface area contributed by atoms with Crippen LogP contribution in [0, 0.1) is 0 Å². The third-order valence-electron chi connectivity index (χ3n) is 3.28. The van der Waals surface area contributed by atoms with Crippen LogP contribution < -0.4 is 5.43 Å². The Kier molecular flexibility index (Phi) is 5.31. The number of phenols is 1. The van der Waals surface area contributed by atoms with Crippen molar-refractivity contribution in [3.8, 4) is 5.75 Å². The van der Waals surface area contributed by atoms with Crippen molar-refractivity contribution in [2.75, 3.05) is 13.1 Å². The SMILES string of the molecule is O=C(CN1CCCCCC1=O)N/N=C\c1cccc(O)c1. The lowest BCUT2D eigenvalue weighted by molar-refractivity contribution is -0.135. The van der Waals surface area contributed by atoms with E-state index in [2.05, 4.69) is 10.5 Å². The van der Waals surface area contributed by atoms with Crippen LogP contribution in [-0.2, 0) is 9.59 Å². The Balaban J connectivity index is 1.82. The number of hydrogen-bond donors (Lipinski definition) is 2. The Morgan fingerprint density at radius 3 is 3.05 bits per heavy atom. The van der Waals surface area contributed by atoms with Crippen molar-refractivity contribution < 1.29 is 14.7 Å². The van der Waals surface area contributed by atoms with Gasteiger partial charge in [-0.25, -0.2) is 5.43 Å². The number of carbonyl (C=O) groups is 2. The number of phenolic OH excluding ortho intramolecular Hbond substituents is 1. The highest BCUT2D eigenvalue weighted by Gasteiger charge is 2.18. The topological polar surface area (TPSA) is 82.0 Å². The lowest BCUT2D eigenvalue weighted by atomic mass is 10.2. The minimum Gasteiger partial charge on any atom is -0.508 e. The van der Waals surface area contributed by atoms with E-state index in [1.807, 2.05) is 0 Å². The van der Waals surface area contributed by atoms with Gasteiger partial charge < -0.3 is 10.0 Å². The van der Waals surface area contributed by atoms with Gasteiger partial charge in [0.25, 0.3) is 5.91 Å². The van der Waals surface area contributed by atoms with Crippen LogP contribution >= 0.6 is 0 Å². The van der Waals surface area contributed by atoms with E-state index in [4.69, 9.17) is 0 Å². The molecule has 0 aliphatic carbocycles. The van der Waals surface area contributed by atoms with Crippen molar-refractivity contribution in [1.29, 1.82) is 0 Å². The fraction of sp³-hybridized carbons (Fsp3) is 0.400. The smallest absolute Gasteiger partial charge is 0.259 e. The molecule has 21 heavy (non-hydrogen) atoms. The third kappa shape index (κ3) is 4.91. The summed E-state index contributed by atoms with van der Waals surface area (Å²) in [7, 11) is 0. The fourth-order valence-corrected chi connectivity index (χ4v) is 2.20. The zero-order chi connectivity index (χ0) is 15.1. The number of benzene rings is 1. The first-order chi connectivity index (χ1) is 10.1. The summed E-state index contributed by atoms with van der Waals surface area (Å²) in [5, 5.41) is 13.1. The number of rotatable bonds is 4. The van der Waals surface area contributed by atoms with Gasteiger partial charge in [-0.1, -0.05) is 18.6 Å². The summed E-state index contributed by atoms with van der Waals surface area (Å²) >= 11 is 0. The molecule has 0 atom stereocenters. The molecule has 0 bridgehead atoms. The van der Waals surface area contributed by atoms with Crippen LogP contribution in [0.25, 0.3) is 0 Å². The van der Waals surface area contributed by atoms with Crippen molar-refractivity contribution in [2.24, 2.45) is 5.10 Å².